The van der Waals surface area contributed by atoms with Crippen LogP contribution in [-0.4, -0.2) is 96.7 Å². The maximum Gasteiger partial charge on any atom is 0.472 e. The van der Waals surface area contributed by atoms with Gasteiger partial charge in [-0.05, 0) is 63.2 Å². The number of rotatable bonds is 76. The summed E-state index contributed by atoms with van der Waals surface area (Å²) in [4.78, 5) is 73.0. The minimum Gasteiger partial charge on any atom is -0.462 e. The molecule has 0 saturated carbocycles. The maximum atomic E-state index is 13.1. The monoisotopic (exact) mass is 1430 g/mol. The zero-order valence-corrected chi connectivity index (χ0v) is 65.4. The van der Waals surface area contributed by atoms with Crippen LogP contribution in [0.15, 0.2) is 24.3 Å². The molecule has 0 rings (SSSR count). The Hall–Kier alpha value is -2.46. The number of ether oxygens (including phenoxy) is 4. The Morgan fingerprint density at radius 2 is 0.602 bits per heavy atom. The van der Waals surface area contributed by atoms with Gasteiger partial charge in [-0.3, -0.25) is 37.3 Å². The van der Waals surface area contributed by atoms with Crippen LogP contribution in [0.2, 0.25) is 0 Å². The predicted octanol–water partition coefficient (Wildman–Crippen LogP) is 23.1. The molecule has 3 N–H and O–H groups in total. The Kier molecular flexibility index (Phi) is 68.5. The second-order valence-corrected chi connectivity index (χ2v) is 31.4. The van der Waals surface area contributed by atoms with Gasteiger partial charge in [0.05, 0.1) is 26.4 Å². The van der Waals surface area contributed by atoms with Crippen molar-refractivity contribution in [3.05, 3.63) is 24.3 Å². The SMILES string of the molecule is CCCCCC/C=C\C=C/CCCCCCCC(=O)OC[C@H](COP(=O)(O)OC[C@@H](O)COP(=O)(O)OC[C@@H](COC(=O)CCCCCCCCCCC(C)CC)OC(=O)CCCCCCCCCCCCCCC(C)C)OC(=O)CCCCCCCCCCCCCCCCCC. The van der Waals surface area contributed by atoms with Gasteiger partial charge in [-0.15, -0.1) is 0 Å². The van der Waals surface area contributed by atoms with Crippen molar-refractivity contribution < 1.29 is 80.2 Å². The molecule has 0 aliphatic carbocycles. The van der Waals surface area contributed by atoms with Crippen LogP contribution in [0.4, 0.5) is 0 Å². The maximum absolute atomic E-state index is 13.1. The Labute approximate surface area is 599 Å². The topological polar surface area (TPSA) is 237 Å². The van der Waals surface area contributed by atoms with Crippen LogP contribution in [0.3, 0.4) is 0 Å². The lowest BCUT2D eigenvalue weighted by Gasteiger charge is -2.21. The summed E-state index contributed by atoms with van der Waals surface area (Å²) in [5, 5.41) is 10.6. The number of carbonyl (C=O) groups excluding carboxylic acids is 4. The van der Waals surface area contributed by atoms with E-state index in [2.05, 4.69) is 65.8 Å². The van der Waals surface area contributed by atoms with Crippen molar-refractivity contribution in [2.24, 2.45) is 11.8 Å². The van der Waals surface area contributed by atoms with Gasteiger partial charge in [-0.2, -0.15) is 0 Å². The molecule has 0 aromatic rings. The lowest BCUT2D eigenvalue weighted by atomic mass is 9.99. The average molecular weight is 1430 g/mol. The van der Waals surface area contributed by atoms with E-state index in [1.54, 1.807) is 0 Å². The van der Waals surface area contributed by atoms with E-state index in [0.29, 0.717) is 25.7 Å². The van der Waals surface area contributed by atoms with E-state index in [0.717, 1.165) is 121 Å². The first-order valence-electron chi connectivity index (χ1n) is 40.3. The van der Waals surface area contributed by atoms with E-state index in [9.17, 15) is 43.2 Å². The highest BCUT2D eigenvalue weighted by atomic mass is 31.2. The Bertz CT molecular complexity index is 1990. The van der Waals surface area contributed by atoms with Crippen molar-refractivity contribution in [3.63, 3.8) is 0 Å². The fourth-order valence-electron chi connectivity index (χ4n) is 11.6. The van der Waals surface area contributed by atoms with Crippen LogP contribution in [0.5, 0.6) is 0 Å². The van der Waals surface area contributed by atoms with Crippen molar-refractivity contribution in [3.8, 4) is 0 Å². The van der Waals surface area contributed by atoms with Gasteiger partial charge in [0.25, 0.3) is 0 Å². The number of carbonyl (C=O) groups is 4. The number of hydrogen-bond acceptors (Lipinski definition) is 15. The quantitative estimate of drug-likeness (QED) is 0.0169. The van der Waals surface area contributed by atoms with Gasteiger partial charge in [0, 0.05) is 25.7 Å². The Morgan fingerprint density at radius 1 is 0.337 bits per heavy atom. The van der Waals surface area contributed by atoms with Crippen molar-refractivity contribution in [2.75, 3.05) is 39.6 Å². The van der Waals surface area contributed by atoms with Gasteiger partial charge in [0.2, 0.25) is 0 Å². The summed E-state index contributed by atoms with van der Waals surface area (Å²) in [5.41, 5.74) is 0. The van der Waals surface area contributed by atoms with Gasteiger partial charge < -0.3 is 33.8 Å². The van der Waals surface area contributed by atoms with Crippen molar-refractivity contribution in [2.45, 2.75) is 407 Å². The summed E-state index contributed by atoms with van der Waals surface area (Å²) in [5.74, 6) is -0.590. The van der Waals surface area contributed by atoms with Crippen LogP contribution < -0.4 is 0 Å². The van der Waals surface area contributed by atoms with Gasteiger partial charge in [0.15, 0.2) is 12.2 Å². The number of aliphatic hydroxyl groups excluding tert-OH is 1. The van der Waals surface area contributed by atoms with Crippen LogP contribution >= 0.6 is 15.6 Å². The Morgan fingerprint density at radius 3 is 0.918 bits per heavy atom. The van der Waals surface area contributed by atoms with Gasteiger partial charge in [0.1, 0.15) is 19.3 Å². The molecule has 578 valence electrons. The zero-order valence-electron chi connectivity index (χ0n) is 63.6. The molecule has 3 unspecified atom stereocenters. The summed E-state index contributed by atoms with van der Waals surface area (Å²) in [6, 6.07) is 0. The average Bonchev–Trinajstić information content (AvgIpc) is 1.14. The molecule has 0 saturated heterocycles. The molecular weight excluding hydrogens is 1280 g/mol. The molecule has 19 heteroatoms. The van der Waals surface area contributed by atoms with Gasteiger partial charge in [-0.1, -0.05) is 336 Å². The Balaban J connectivity index is 5.31. The third-order valence-corrected chi connectivity index (χ3v) is 20.1. The molecule has 17 nitrogen and oxygen atoms in total. The first kappa shape index (κ1) is 95.5. The molecule has 6 atom stereocenters. The highest BCUT2D eigenvalue weighted by Gasteiger charge is 2.30. The van der Waals surface area contributed by atoms with Crippen LogP contribution in [0.1, 0.15) is 388 Å². The molecule has 0 aromatic heterocycles. The molecule has 0 heterocycles. The first-order chi connectivity index (χ1) is 47.4. The number of aliphatic hydroxyl groups is 1. The molecule has 0 aliphatic heterocycles. The lowest BCUT2D eigenvalue weighted by molar-refractivity contribution is -0.161. The lowest BCUT2D eigenvalue weighted by Crippen LogP contribution is -2.30. The molecule has 98 heavy (non-hydrogen) atoms. The fraction of sp³-hybridized carbons (Fsp3) is 0.899. The second kappa shape index (κ2) is 70.2. The summed E-state index contributed by atoms with van der Waals surface area (Å²) in [6.07, 6.45) is 61.7. The number of phosphoric ester groups is 2. The first-order valence-corrected chi connectivity index (χ1v) is 43.3. The van der Waals surface area contributed by atoms with Crippen LogP contribution in [0.25, 0.3) is 0 Å². The van der Waals surface area contributed by atoms with Crippen molar-refractivity contribution in [1.29, 1.82) is 0 Å². The summed E-state index contributed by atoms with van der Waals surface area (Å²) < 4.78 is 68.6. The van der Waals surface area contributed by atoms with Gasteiger partial charge in [-0.25, -0.2) is 9.13 Å². The van der Waals surface area contributed by atoms with Crippen LogP contribution in [0, 0.1) is 11.8 Å². The molecule has 0 radical (unpaired) electrons. The number of allylic oxidation sites excluding steroid dienone is 4. The second-order valence-electron chi connectivity index (χ2n) is 28.5. The zero-order chi connectivity index (χ0) is 72.1. The summed E-state index contributed by atoms with van der Waals surface area (Å²) in [6.45, 7) is 9.57. The van der Waals surface area contributed by atoms with Crippen molar-refractivity contribution in [1.82, 2.24) is 0 Å². The fourth-order valence-corrected chi connectivity index (χ4v) is 13.2. The molecule has 0 spiro atoms. The van der Waals surface area contributed by atoms with Crippen LogP contribution in [-0.2, 0) is 65.4 Å². The highest BCUT2D eigenvalue weighted by molar-refractivity contribution is 7.47. The van der Waals surface area contributed by atoms with E-state index in [4.69, 9.17) is 37.0 Å². The number of esters is 4. The van der Waals surface area contributed by atoms with E-state index >= 15 is 0 Å². The van der Waals surface area contributed by atoms with Gasteiger partial charge >= 0.3 is 39.5 Å². The molecule has 0 amide bonds. The standard InChI is InChI=1S/C79H150O17P2/c1-7-10-12-14-16-18-20-22-24-26-28-33-37-45-51-57-63-78(83)95-74(67-89-76(81)61-55-49-43-36-32-27-25-23-21-19-17-15-13-11-8-2)69-93-97(85,86)91-65-73(80)66-92-98(87,88)94-70-75(68-90-77(82)62-56-50-44-40-39-42-48-54-60-72(6)9-3)96-79(84)64-58-52-46-38-34-30-29-31-35-41-47-53-59-71(4)5/h19,21,23,25,71-75,80H,7-18,20,22,24,26-70H2,1-6H3,(H,85,86)(H,87,88)/b21-19-,25-23-/t72?,73-,74-,75-/m1/s1. The normalized spacial score (nSPS) is 14.4. The van der Waals surface area contributed by atoms with E-state index in [1.807, 2.05) is 0 Å². The van der Waals surface area contributed by atoms with Crippen molar-refractivity contribution >= 4 is 39.5 Å². The minimum atomic E-state index is -4.97. The smallest absolute Gasteiger partial charge is 0.462 e. The largest absolute Gasteiger partial charge is 0.472 e. The third-order valence-electron chi connectivity index (χ3n) is 18.2. The van der Waals surface area contributed by atoms with E-state index in [1.165, 1.54) is 186 Å². The number of hydrogen-bond donors (Lipinski definition) is 3. The molecular formula is C79H150O17P2. The molecule has 0 aromatic carbocycles. The summed E-state index contributed by atoms with van der Waals surface area (Å²) >= 11 is 0. The highest BCUT2D eigenvalue weighted by Crippen LogP contribution is 2.45. The minimum absolute atomic E-state index is 0.101. The summed E-state index contributed by atoms with van der Waals surface area (Å²) in [7, 11) is -9.93. The molecule has 0 bridgehead atoms. The number of phosphoric acid groups is 2. The molecule has 0 fully saturated rings. The molecule has 0 aliphatic rings. The third kappa shape index (κ3) is 70.6. The van der Waals surface area contributed by atoms with E-state index < -0.39 is 97.5 Å². The van der Waals surface area contributed by atoms with E-state index in [-0.39, 0.29) is 25.7 Å². The predicted molar refractivity (Wildman–Crippen MR) is 400 cm³/mol. The number of unbranched alkanes of at least 4 members (excludes halogenated alkanes) is 42.